The first-order valence-electron chi connectivity index (χ1n) is 3.96. The van der Waals surface area contributed by atoms with Crippen molar-refractivity contribution in [2.45, 2.75) is 6.18 Å². The zero-order valence-electron chi connectivity index (χ0n) is 7.82. The van der Waals surface area contributed by atoms with Crippen LogP contribution in [0, 0.1) is 0 Å². The zero-order chi connectivity index (χ0) is 11.6. The molecule has 1 aromatic rings. The molecular weight excluding hydrogens is 320 g/mol. The molecule has 0 radical (unpaired) electrons. The zero-order valence-corrected chi connectivity index (χ0v) is 9.98. The summed E-state index contributed by atoms with van der Waals surface area (Å²) in [6.07, 6.45) is -3.57. The Morgan fingerprint density at radius 3 is 2.53 bits per heavy atom. The lowest BCUT2D eigenvalue weighted by Gasteiger charge is -2.11. The van der Waals surface area contributed by atoms with Crippen LogP contribution in [-0.2, 0) is 6.18 Å². The first kappa shape index (κ1) is 12.3. The number of halogens is 4. The molecule has 0 aliphatic rings. The number of nitrogens with zero attached hydrogens (tertiary/aromatic N) is 1. The molecule has 2 nitrogen and oxygen atoms in total. The number of alkyl halides is 3. The van der Waals surface area contributed by atoms with Crippen LogP contribution in [0.4, 0.5) is 19.0 Å². The fraction of sp³-hybridized carbons (Fsp3) is 0.222. The van der Waals surface area contributed by atoms with Gasteiger partial charge >= 0.3 is 6.18 Å². The second-order valence-electron chi connectivity index (χ2n) is 2.77. The van der Waals surface area contributed by atoms with E-state index in [4.69, 9.17) is 0 Å². The van der Waals surface area contributed by atoms with Gasteiger partial charge < -0.3 is 5.32 Å². The minimum Gasteiger partial charge on any atom is -0.373 e. The quantitative estimate of drug-likeness (QED) is 0.840. The van der Waals surface area contributed by atoms with Crippen LogP contribution >= 0.6 is 22.6 Å². The highest BCUT2D eigenvalue weighted by Gasteiger charge is 2.31. The second kappa shape index (κ2) is 4.38. The van der Waals surface area contributed by atoms with E-state index in [1.54, 1.807) is 7.05 Å². The molecule has 0 spiro atoms. The molecule has 0 amide bonds. The van der Waals surface area contributed by atoms with Crippen LogP contribution in [-0.4, -0.2) is 12.0 Å². The SMILES string of the molecule is C=C(I)c1cc(C(F)(F)F)cnc1NC. The number of aromatic nitrogens is 1. The van der Waals surface area contributed by atoms with Gasteiger partial charge in [-0.25, -0.2) is 4.98 Å². The van der Waals surface area contributed by atoms with Crippen molar-refractivity contribution in [1.82, 2.24) is 4.98 Å². The Kier molecular flexibility index (Phi) is 3.58. The van der Waals surface area contributed by atoms with Crippen LogP contribution in [0.15, 0.2) is 18.8 Å². The van der Waals surface area contributed by atoms with Crippen molar-refractivity contribution in [2.75, 3.05) is 12.4 Å². The Hall–Kier alpha value is -0.790. The summed E-state index contributed by atoms with van der Waals surface area (Å²) in [5.41, 5.74) is -0.401. The summed E-state index contributed by atoms with van der Waals surface area (Å²) >= 11 is 1.86. The molecule has 1 heterocycles. The maximum absolute atomic E-state index is 12.4. The molecule has 0 bridgehead atoms. The minimum atomic E-state index is -4.37. The largest absolute Gasteiger partial charge is 0.417 e. The third-order valence-electron chi connectivity index (χ3n) is 1.74. The summed E-state index contributed by atoms with van der Waals surface area (Å²) in [7, 11) is 1.60. The smallest absolute Gasteiger partial charge is 0.373 e. The van der Waals surface area contributed by atoms with Gasteiger partial charge in [-0.05, 0) is 28.7 Å². The average Bonchev–Trinajstić information content (AvgIpc) is 2.15. The van der Waals surface area contributed by atoms with Crippen LogP contribution < -0.4 is 5.32 Å². The summed E-state index contributed by atoms with van der Waals surface area (Å²) in [5.74, 6) is 0.391. The van der Waals surface area contributed by atoms with E-state index in [0.717, 1.165) is 12.3 Å². The Balaban J connectivity index is 3.28. The van der Waals surface area contributed by atoms with Gasteiger partial charge in [-0.3, -0.25) is 0 Å². The van der Waals surface area contributed by atoms with Crippen LogP contribution in [0.25, 0.3) is 3.58 Å². The summed E-state index contributed by atoms with van der Waals surface area (Å²) in [6.45, 7) is 3.60. The van der Waals surface area contributed by atoms with Crippen molar-refractivity contribution in [2.24, 2.45) is 0 Å². The highest BCUT2D eigenvalue weighted by molar-refractivity contribution is 14.1. The Bertz CT molecular complexity index is 387. The van der Waals surface area contributed by atoms with Crippen molar-refractivity contribution < 1.29 is 13.2 Å². The maximum Gasteiger partial charge on any atom is 0.417 e. The molecule has 0 unspecified atom stereocenters. The number of nitrogens with one attached hydrogen (secondary N) is 1. The van der Waals surface area contributed by atoms with E-state index in [1.807, 2.05) is 22.6 Å². The second-order valence-corrected chi connectivity index (χ2v) is 4.07. The normalized spacial score (nSPS) is 11.3. The third-order valence-corrected chi connectivity index (χ3v) is 2.33. The molecule has 1 rings (SSSR count). The molecule has 0 atom stereocenters. The number of pyridine rings is 1. The molecule has 82 valence electrons. The fourth-order valence-corrected chi connectivity index (χ4v) is 1.44. The number of hydrogen-bond acceptors (Lipinski definition) is 2. The predicted molar refractivity (Wildman–Crippen MR) is 61.8 cm³/mol. The van der Waals surface area contributed by atoms with E-state index in [0.29, 0.717) is 15.0 Å². The topological polar surface area (TPSA) is 24.9 Å². The molecule has 1 N–H and O–H groups in total. The van der Waals surface area contributed by atoms with E-state index >= 15 is 0 Å². The highest BCUT2D eigenvalue weighted by atomic mass is 127. The Labute approximate surface area is 98.7 Å². The van der Waals surface area contributed by atoms with Gasteiger partial charge in [-0.2, -0.15) is 13.2 Å². The summed E-state index contributed by atoms with van der Waals surface area (Å²) < 4.78 is 37.6. The fourth-order valence-electron chi connectivity index (χ4n) is 1.03. The summed E-state index contributed by atoms with van der Waals surface area (Å²) in [5, 5.41) is 2.71. The first-order chi connectivity index (χ1) is 6.86. The van der Waals surface area contributed by atoms with Crippen LogP contribution in [0.2, 0.25) is 0 Å². The molecular formula is C9H8F3IN2. The maximum atomic E-state index is 12.4. The predicted octanol–water partition coefficient (Wildman–Crippen LogP) is 3.55. The molecule has 0 saturated heterocycles. The summed E-state index contributed by atoms with van der Waals surface area (Å²) in [6, 6.07) is 1.04. The van der Waals surface area contributed by atoms with Gasteiger partial charge in [0.25, 0.3) is 0 Å². The van der Waals surface area contributed by atoms with Gasteiger partial charge in [0.2, 0.25) is 0 Å². The lowest BCUT2D eigenvalue weighted by atomic mass is 10.2. The Morgan fingerprint density at radius 2 is 2.13 bits per heavy atom. The van der Waals surface area contributed by atoms with Gasteiger partial charge in [0.15, 0.2) is 0 Å². The highest BCUT2D eigenvalue weighted by Crippen LogP contribution is 2.33. The monoisotopic (exact) mass is 328 g/mol. The molecule has 6 heteroatoms. The standard InChI is InChI=1S/C9H8F3IN2/c1-5(13)7-3-6(9(10,11)12)4-15-8(7)14-2/h3-4H,1H2,2H3,(H,14,15). The van der Waals surface area contributed by atoms with Gasteiger partial charge in [0, 0.05) is 22.4 Å². The number of rotatable bonds is 2. The molecule has 0 saturated carbocycles. The van der Waals surface area contributed by atoms with Crippen molar-refractivity contribution in [3.05, 3.63) is 30.0 Å². The molecule has 1 aromatic heterocycles. The van der Waals surface area contributed by atoms with E-state index in [9.17, 15) is 13.2 Å². The van der Waals surface area contributed by atoms with E-state index < -0.39 is 11.7 Å². The van der Waals surface area contributed by atoms with E-state index in [2.05, 4.69) is 16.9 Å². The third kappa shape index (κ3) is 2.83. The summed E-state index contributed by atoms with van der Waals surface area (Å²) in [4.78, 5) is 3.69. The number of anilines is 1. The molecule has 0 aliphatic carbocycles. The number of hydrogen-bond donors (Lipinski definition) is 1. The molecule has 15 heavy (non-hydrogen) atoms. The Morgan fingerprint density at radius 1 is 1.53 bits per heavy atom. The minimum absolute atomic E-state index is 0.368. The molecule has 0 aliphatic heterocycles. The lowest BCUT2D eigenvalue weighted by molar-refractivity contribution is -0.137. The molecule has 0 fully saturated rings. The lowest BCUT2D eigenvalue weighted by Crippen LogP contribution is -2.07. The van der Waals surface area contributed by atoms with Crippen molar-refractivity contribution >= 4 is 32.0 Å². The molecule has 0 aromatic carbocycles. The van der Waals surface area contributed by atoms with Crippen LogP contribution in [0.5, 0.6) is 0 Å². The van der Waals surface area contributed by atoms with Crippen molar-refractivity contribution in [1.29, 1.82) is 0 Å². The van der Waals surface area contributed by atoms with Crippen molar-refractivity contribution in [3.8, 4) is 0 Å². The van der Waals surface area contributed by atoms with Crippen LogP contribution in [0.1, 0.15) is 11.1 Å². The van der Waals surface area contributed by atoms with Gasteiger partial charge in [-0.15, -0.1) is 0 Å². The van der Waals surface area contributed by atoms with Gasteiger partial charge in [0.1, 0.15) is 5.82 Å². The van der Waals surface area contributed by atoms with Crippen LogP contribution in [0.3, 0.4) is 0 Å². The van der Waals surface area contributed by atoms with Gasteiger partial charge in [-0.1, -0.05) is 6.58 Å². The first-order valence-corrected chi connectivity index (χ1v) is 5.04. The van der Waals surface area contributed by atoms with E-state index in [-0.39, 0.29) is 0 Å². The van der Waals surface area contributed by atoms with Crippen molar-refractivity contribution in [3.63, 3.8) is 0 Å². The van der Waals surface area contributed by atoms with E-state index in [1.165, 1.54) is 0 Å². The average molecular weight is 328 g/mol. The van der Waals surface area contributed by atoms with Gasteiger partial charge in [0.05, 0.1) is 5.56 Å².